The molecule has 1 aromatic carbocycles. The molecule has 0 bridgehead atoms. The maximum absolute atomic E-state index is 12.2. The van der Waals surface area contributed by atoms with Crippen molar-refractivity contribution in [1.29, 1.82) is 0 Å². The van der Waals surface area contributed by atoms with Crippen LogP contribution in [0.15, 0.2) is 30.3 Å². The number of amides is 1. The Bertz CT molecular complexity index is 383. The van der Waals surface area contributed by atoms with Crippen molar-refractivity contribution in [1.82, 2.24) is 9.80 Å². The van der Waals surface area contributed by atoms with E-state index < -0.39 is 0 Å². The molecule has 1 aliphatic heterocycles. The summed E-state index contributed by atoms with van der Waals surface area (Å²) >= 11 is 0. The first-order valence-corrected chi connectivity index (χ1v) is 7.26. The van der Waals surface area contributed by atoms with Crippen molar-refractivity contribution in [2.24, 2.45) is 0 Å². The van der Waals surface area contributed by atoms with Gasteiger partial charge in [0.2, 0.25) is 5.91 Å². The van der Waals surface area contributed by atoms with Crippen molar-refractivity contribution in [2.45, 2.75) is 32.2 Å². The quantitative estimate of drug-likeness (QED) is 0.830. The van der Waals surface area contributed by atoms with Crippen LogP contribution in [0.5, 0.6) is 0 Å². The number of benzene rings is 1. The number of hydrogen-bond donors (Lipinski definition) is 0. The third-order valence-electron chi connectivity index (χ3n) is 3.75. The summed E-state index contributed by atoms with van der Waals surface area (Å²) in [6.45, 7) is 3.42. The van der Waals surface area contributed by atoms with Crippen LogP contribution < -0.4 is 0 Å². The predicted octanol–water partition coefficient (Wildman–Crippen LogP) is 2.52. The Hall–Kier alpha value is -1.35. The van der Waals surface area contributed by atoms with Gasteiger partial charge in [-0.15, -0.1) is 0 Å². The highest BCUT2D eigenvalue weighted by atomic mass is 16.2. The van der Waals surface area contributed by atoms with Crippen LogP contribution in [0.4, 0.5) is 0 Å². The molecule has 0 unspecified atom stereocenters. The van der Waals surface area contributed by atoms with E-state index in [1.807, 2.05) is 30.1 Å². The molecular formula is C16H24N2O. The molecule has 1 amide bonds. The van der Waals surface area contributed by atoms with Crippen LogP contribution in [0.2, 0.25) is 0 Å². The molecule has 104 valence electrons. The molecule has 3 nitrogen and oxygen atoms in total. The topological polar surface area (TPSA) is 23.6 Å². The number of nitrogens with zero attached hydrogens (tertiary/aromatic N) is 2. The second kappa shape index (κ2) is 7.29. The number of carbonyl (C=O) groups excluding carboxylic acids is 1. The third-order valence-corrected chi connectivity index (χ3v) is 3.75. The normalized spacial score (nSPS) is 16.9. The lowest BCUT2D eigenvalue weighted by Crippen LogP contribution is -2.38. The van der Waals surface area contributed by atoms with Crippen LogP contribution in [0.25, 0.3) is 0 Å². The molecule has 1 heterocycles. The second-order valence-electron chi connectivity index (χ2n) is 5.43. The first kappa shape index (κ1) is 14.1. The Morgan fingerprint density at radius 2 is 1.74 bits per heavy atom. The minimum Gasteiger partial charge on any atom is -0.340 e. The third kappa shape index (κ3) is 4.67. The van der Waals surface area contributed by atoms with Gasteiger partial charge in [0, 0.05) is 13.6 Å². The predicted molar refractivity (Wildman–Crippen MR) is 77.8 cm³/mol. The van der Waals surface area contributed by atoms with E-state index >= 15 is 0 Å². The summed E-state index contributed by atoms with van der Waals surface area (Å²) in [7, 11) is 1.90. The molecule has 3 heteroatoms. The van der Waals surface area contributed by atoms with Crippen LogP contribution in [-0.2, 0) is 11.3 Å². The summed E-state index contributed by atoms with van der Waals surface area (Å²) in [5.41, 5.74) is 1.19. The van der Waals surface area contributed by atoms with E-state index in [1.54, 1.807) is 0 Å². The molecule has 0 radical (unpaired) electrons. The highest BCUT2D eigenvalue weighted by Crippen LogP contribution is 2.10. The second-order valence-corrected chi connectivity index (χ2v) is 5.43. The zero-order chi connectivity index (χ0) is 13.5. The fourth-order valence-electron chi connectivity index (χ4n) is 2.55. The maximum atomic E-state index is 12.2. The van der Waals surface area contributed by atoms with E-state index in [2.05, 4.69) is 17.0 Å². The lowest BCUT2D eigenvalue weighted by molar-refractivity contribution is -0.131. The van der Waals surface area contributed by atoms with Gasteiger partial charge in [-0.05, 0) is 31.5 Å². The van der Waals surface area contributed by atoms with Crippen molar-refractivity contribution in [2.75, 3.05) is 26.7 Å². The molecule has 1 aliphatic rings. The van der Waals surface area contributed by atoms with Crippen molar-refractivity contribution in [3.63, 3.8) is 0 Å². The molecule has 1 aromatic rings. The SMILES string of the molecule is CN(Cc1ccccc1)C(=O)CN1CCCCCC1. The molecular weight excluding hydrogens is 236 g/mol. The number of likely N-dealkylation sites (tertiary alicyclic amines) is 1. The molecule has 19 heavy (non-hydrogen) atoms. The summed E-state index contributed by atoms with van der Waals surface area (Å²) in [5, 5.41) is 0. The van der Waals surface area contributed by atoms with Gasteiger partial charge in [0.25, 0.3) is 0 Å². The molecule has 0 N–H and O–H groups in total. The van der Waals surface area contributed by atoms with Crippen LogP contribution in [0.1, 0.15) is 31.2 Å². The summed E-state index contributed by atoms with van der Waals surface area (Å²) in [6.07, 6.45) is 5.08. The number of likely N-dealkylation sites (N-methyl/N-ethyl adjacent to an activating group) is 1. The van der Waals surface area contributed by atoms with E-state index in [4.69, 9.17) is 0 Å². The first-order chi connectivity index (χ1) is 9.25. The highest BCUT2D eigenvalue weighted by molar-refractivity contribution is 5.78. The molecule has 0 spiro atoms. The largest absolute Gasteiger partial charge is 0.340 e. The van der Waals surface area contributed by atoms with Crippen LogP contribution in [-0.4, -0.2) is 42.4 Å². The van der Waals surface area contributed by atoms with Crippen molar-refractivity contribution in [3.05, 3.63) is 35.9 Å². The zero-order valence-corrected chi connectivity index (χ0v) is 11.8. The molecule has 0 aromatic heterocycles. The van der Waals surface area contributed by atoms with Crippen molar-refractivity contribution in [3.8, 4) is 0 Å². The average Bonchev–Trinajstić information content (AvgIpc) is 2.68. The standard InChI is InChI=1S/C16H24N2O/c1-17(13-15-9-5-4-6-10-15)16(19)14-18-11-7-2-3-8-12-18/h4-6,9-10H,2-3,7-8,11-14H2,1H3. The summed E-state index contributed by atoms with van der Waals surface area (Å²) in [4.78, 5) is 16.3. The zero-order valence-electron chi connectivity index (χ0n) is 11.8. The van der Waals surface area contributed by atoms with Gasteiger partial charge in [-0.1, -0.05) is 43.2 Å². The van der Waals surface area contributed by atoms with Gasteiger partial charge in [-0.3, -0.25) is 9.69 Å². The Morgan fingerprint density at radius 1 is 1.11 bits per heavy atom. The minimum atomic E-state index is 0.228. The summed E-state index contributed by atoms with van der Waals surface area (Å²) < 4.78 is 0. The molecule has 0 saturated carbocycles. The van der Waals surface area contributed by atoms with E-state index in [9.17, 15) is 4.79 Å². The molecule has 1 saturated heterocycles. The average molecular weight is 260 g/mol. The Kier molecular flexibility index (Phi) is 5.40. The van der Waals surface area contributed by atoms with Crippen LogP contribution in [0, 0.1) is 0 Å². The lowest BCUT2D eigenvalue weighted by Gasteiger charge is -2.23. The smallest absolute Gasteiger partial charge is 0.236 e. The highest BCUT2D eigenvalue weighted by Gasteiger charge is 2.15. The Labute approximate surface area is 116 Å². The minimum absolute atomic E-state index is 0.228. The number of carbonyl (C=O) groups is 1. The molecule has 0 aliphatic carbocycles. The fraction of sp³-hybridized carbons (Fsp3) is 0.562. The fourth-order valence-corrected chi connectivity index (χ4v) is 2.55. The number of hydrogen-bond acceptors (Lipinski definition) is 2. The van der Waals surface area contributed by atoms with Gasteiger partial charge in [-0.2, -0.15) is 0 Å². The van der Waals surface area contributed by atoms with E-state index in [1.165, 1.54) is 31.2 Å². The summed E-state index contributed by atoms with van der Waals surface area (Å²) in [6, 6.07) is 10.2. The van der Waals surface area contributed by atoms with Gasteiger partial charge in [0.15, 0.2) is 0 Å². The van der Waals surface area contributed by atoms with Gasteiger partial charge >= 0.3 is 0 Å². The van der Waals surface area contributed by atoms with Crippen LogP contribution >= 0.6 is 0 Å². The van der Waals surface area contributed by atoms with Gasteiger partial charge in [0.1, 0.15) is 0 Å². The monoisotopic (exact) mass is 260 g/mol. The van der Waals surface area contributed by atoms with E-state index in [0.717, 1.165) is 13.1 Å². The Morgan fingerprint density at radius 3 is 2.37 bits per heavy atom. The number of rotatable bonds is 4. The first-order valence-electron chi connectivity index (χ1n) is 7.26. The maximum Gasteiger partial charge on any atom is 0.236 e. The van der Waals surface area contributed by atoms with Gasteiger partial charge in [0.05, 0.1) is 6.54 Å². The summed E-state index contributed by atoms with van der Waals surface area (Å²) in [5.74, 6) is 0.228. The Balaban J connectivity index is 1.81. The molecule has 0 atom stereocenters. The van der Waals surface area contributed by atoms with Crippen molar-refractivity contribution < 1.29 is 4.79 Å². The van der Waals surface area contributed by atoms with Gasteiger partial charge < -0.3 is 4.90 Å². The molecule has 2 rings (SSSR count). The van der Waals surface area contributed by atoms with E-state index in [-0.39, 0.29) is 5.91 Å². The van der Waals surface area contributed by atoms with Gasteiger partial charge in [-0.25, -0.2) is 0 Å². The molecule has 1 fully saturated rings. The van der Waals surface area contributed by atoms with E-state index in [0.29, 0.717) is 13.1 Å². The van der Waals surface area contributed by atoms with Crippen LogP contribution in [0.3, 0.4) is 0 Å². The van der Waals surface area contributed by atoms with Crippen molar-refractivity contribution >= 4 is 5.91 Å². The lowest BCUT2D eigenvalue weighted by atomic mass is 10.2.